The van der Waals surface area contributed by atoms with Gasteiger partial charge in [0.1, 0.15) is 17.3 Å². The minimum atomic E-state index is -0.744. The van der Waals surface area contributed by atoms with Crippen LogP contribution in [0, 0.1) is 13.8 Å². The number of imidazole rings is 1. The minimum Gasteiger partial charge on any atom is -0.427 e. The molecule has 0 fully saturated rings. The molecule has 0 unspecified atom stereocenters. The van der Waals surface area contributed by atoms with Crippen molar-refractivity contribution in [3.63, 3.8) is 0 Å². The van der Waals surface area contributed by atoms with Gasteiger partial charge in [-0.2, -0.15) is 0 Å². The monoisotopic (exact) mass is 421 g/mol. The number of anilines is 2. The van der Waals surface area contributed by atoms with Crippen LogP contribution in [-0.2, 0) is 11.2 Å². The van der Waals surface area contributed by atoms with Crippen LogP contribution in [0.2, 0.25) is 0 Å². The van der Waals surface area contributed by atoms with Crippen LogP contribution < -0.4 is 21.1 Å². The molecule has 9 nitrogen and oxygen atoms in total. The van der Waals surface area contributed by atoms with Crippen molar-refractivity contribution in [3.8, 4) is 5.75 Å². The number of carbonyl (C=O) groups excluding carboxylic acids is 3. The number of hydrogen-bond acceptors (Lipinski definition) is 5. The van der Waals surface area contributed by atoms with Crippen LogP contribution in [0.15, 0.2) is 42.5 Å². The summed E-state index contributed by atoms with van der Waals surface area (Å²) >= 11 is 0. The van der Waals surface area contributed by atoms with Crippen molar-refractivity contribution in [2.75, 3.05) is 10.6 Å². The molecule has 0 aliphatic heterocycles. The zero-order valence-electron chi connectivity index (χ0n) is 17.4. The van der Waals surface area contributed by atoms with E-state index < -0.39 is 17.9 Å². The van der Waals surface area contributed by atoms with Gasteiger partial charge in [-0.05, 0) is 48.7 Å². The second-order valence-electron chi connectivity index (χ2n) is 7.01. The second-order valence-corrected chi connectivity index (χ2v) is 7.01. The predicted octanol–water partition coefficient (Wildman–Crippen LogP) is 3.29. The van der Waals surface area contributed by atoms with E-state index >= 15 is 0 Å². The van der Waals surface area contributed by atoms with Gasteiger partial charge in [0.05, 0.1) is 0 Å². The van der Waals surface area contributed by atoms with Gasteiger partial charge in [-0.1, -0.05) is 24.3 Å². The molecule has 0 saturated heterocycles. The first-order valence-electron chi connectivity index (χ1n) is 9.53. The lowest BCUT2D eigenvalue weighted by Crippen LogP contribution is -2.23. The number of urea groups is 1. The molecule has 0 bridgehead atoms. The third kappa shape index (κ3) is 5.47. The molecule has 2 aromatic carbocycles. The number of aryl methyl sites for hydroxylation is 1. The summed E-state index contributed by atoms with van der Waals surface area (Å²) in [5.74, 6) is -0.234. The van der Waals surface area contributed by atoms with E-state index in [-0.39, 0.29) is 11.5 Å². The van der Waals surface area contributed by atoms with Gasteiger partial charge in [-0.25, -0.2) is 9.78 Å². The van der Waals surface area contributed by atoms with E-state index in [1.54, 1.807) is 30.3 Å². The Labute approximate surface area is 179 Å². The molecule has 160 valence electrons. The Kier molecular flexibility index (Phi) is 6.35. The SMILES string of the molecule is CC(=O)Oc1ccc(Cc2nc(NC(=O)Nc3cccc(C)c3C)c(C(N)=O)[nH]2)cc1. The molecule has 3 aromatic rings. The van der Waals surface area contributed by atoms with Gasteiger partial charge in [0.15, 0.2) is 5.82 Å². The maximum Gasteiger partial charge on any atom is 0.324 e. The molecule has 0 spiro atoms. The van der Waals surface area contributed by atoms with E-state index in [0.717, 1.165) is 16.7 Å². The van der Waals surface area contributed by atoms with Crippen LogP contribution in [0.3, 0.4) is 0 Å². The Morgan fingerprint density at radius 3 is 2.42 bits per heavy atom. The molecular weight excluding hydrogens is 398 g/mol. The number of primary amides is 1. The molecule has 3 rings (SSSR count). The first kappa shape index (κ1) is 21.6. The largest absolute Gasteiger partial charge is 0.427 e. The molecule has 5 N–H and O–H groups in total. The lowest BCUT2D eigenvalue weighted by atomic mass is 10.1. The van der Waals surface area contributed by atoms with E-state index in [2.05, 4.69) is 20.6 Å². The van der Waals surface area contributed by atoms with Crippen molar-refractivity contribution in [2.24, 2.45) is 5.73 Å². The van der Waals surface area contributed by atoms with Gasteiger partial charge in [-0.3, -0.25) is 14.9 Å². The molecular formula is C22H23N5O4. The number of nitrogens with two attached hydrogens (primary N) is 1. The highest BCUT2D eigenvalue weighted by Gasteiger charge is 2.18. The average Bonchev–Trinajstić information content (AvgIpc) is 3.09. The number of esters is 1. The third-order valence-electron chi connectivity index (χ3n) is 4.64. The van der Waals surface area contributed by atoms with Crippen LogP contribution in [0.1, 0.15) is 39.9 Å². The molecule has 3 amide bonds. The van der Waals surface area contributed by atoms with Gasteiger partial charge in [-0.15, -0.1) is 0 Å². The molecule has 9 heteroatoms. The van der Waals surface area contributed by atoms with Crippen molar-refractivity contribution < 1.29 is 19.1 Å². The highest BCUT2D eigenvalue weighted by atomic mass is 16.5. The van der Waals surface area contributed by atoms with E-state index in [9.17, 15) is 14.4 Å². The molecule has 0 atom stereocenters. The summed E-state index contributed by atoms with van der Waals surface area (Å²) in [5, 5.41) is 5.32. The fourth-order valence-corrected chi connectivity index (χ4v) is 2.96. The standard InChI is InChI=1S/C22H23N5O4/c1-12-5-4-6-17(13(12)2)24-22(30)27-21-19(20(23)29)25-18(26-21)11-15-7-9-16(10-8-15)31-14(3)28/h4-10H,11H2,1-3H3,(H2,23,29)(H,25,26)(H2,24,27,30). The summed E-state index contributed by atoms with van der Waals surface area (Å²) in [6.07, 6.45) is 0.348. The molecule has 31 heavy (non-hydrogen) atoms. The lowest BCUT2D eigenvalue weighted by molar-refractivity contribution is -0.131. The van der Waals surface area contributed by atoms with Gasteiger partial charge in [0, 0.05) is 19.0 Å². The number of hydrogen-bond donors (Lipinski definition) is 4. The summed E-state index contributed by atoms with van der Waals surface area (Å²) < 4.78 is 5.00. The number of nitrogens with one attached hydrogen (secondary N) is 3. The number of carbonyl (C=O) groups is 3. The maximum absolute atomic E-state index is 12.4. The van der Waals surface area contributed by atoms with Crippen LogP contribution in [0.5, 0.6) is 5.75 Å². The second kappa shape index (κ2) is 9.12. The number of aromatic amines is 1. The van der Waals surface area contributed by atoms with E-state index in [1.807, 2.05) is 26.0 Å². The lowest BCUT2D eigenvalue weighted by Gasteiger charge is -2.10. The normalized spacial score (nSPS) is 10.4. The van der Waals surface area contributed by atoms with Gasteiger partial charge < -0.3 is 20.8 Å². The van der Waals surface area contributed by atoms with Crippen molar-refractivity contribution in [3.05, 3.63) is 70.7 Å². The van der Waals surface area contributed by atoms with Gasteiger partial charge in [0.25, 0.3) is 5.91 Å². The van der Waals surface area contributed by atoms with Crippen LogP contribution >= 0.6 is 0 Å². The Morgan fingerprint density at radius 1 is 1.06 bits per heavy atom. The van der Waals surface area contributed by atoms with Gasteiger partial charge >= 0.3 is 12.0 Å². The summed E-state index contributed by atoms with van der Waals surface area (Å²) in [7, 11) is 0. The van der Waals surface area contributed by atoms with Crippen molar-refractivity contribution in [2.45, 2.75) is 27.2 Å². The summed E-state index contributed by atoms with van der Waals surface area (Å²) in [6, 6.07) is 11.9. The highest BCUT2D eigenvalue weighted by Crippen LogP contribution is 2.20. The van der Waals surface area contributed by atoms with Crippen molar-refractivity contribution in [1.29, 1.82) is 0 Å². The van der Waals surface area contributed by atoms with Crippen molar-refractivity contribution >= 4 is 29.4 Å². The Balaban J connectivity index is 1.74. The molecule has 0 saturated carbocycles. The Hall–Kier alpha value is -4.14. The first-order valence-corrected chi connectivity index (χ1v) is 9.53. The number of amides is 3. The van der Waals surface area contributed by atoms with E-state index in [0.29, 0.717) is 23.7 Å². The highest BCUT2D eigenvalue weighted by molar-refractivity contribution is 6.04. The summed E-state index contributed by atoms with van der Waals surface area (Å²) in [4.78, 5) is 42.4. The average molecular weight is 421 g/mol. The maximum atomic E-state index is 12.4. The quantitative estimate of drug-likeness (QED) is 0.357. The van der Waals surface area contributed by atoms with Crippen LogP contribution in [-0.4, -0.2) is 27.9 Å². The third-order valence-corrected chi connectivity index (χ3v) is 4.64. The number of ether oxygens (including phenoxy) is 1. The fourth-order valence-electron chi connectivity index (χ4n) is 2.96. The van der Waals surface area contributed by atoms with Crippen LogP contribution in [0.25, 0.3) is 0 Å². The molecule has 0 aliphatic rings. The number of H-pyrrole nitrogens is 1. The molecule has 1 heterocycles. The Morgan fingerprint density at radius 2 is 1.77 bits per heavy atom. The Bertz CT molecular complexity index is 1140. The number of aromatic nitrogens is 2. The fraction of sp³-hybridized carbons (Fsp3) is 0.182. The summed E-state index contributed by atoms with van der Waals surface area (Å²) in [5.41, 5.74) is 8.92. The smallest absolute Gasteiger partial charge is 0.324 e. The van der Waals surface area contributed by atoms with Crippen LogP contribution in [0.4, 0.5) is 16.3 Å². The number of benzene rings is 2. The minimum absolute atomic E-state index is 0.00245. The predicted molar refractivity (Wildman–Crippen MR) is 116 cm³/mol. The number of rotatable bonds is 6. The first-order chi connectivity index (χ1) is 14.7. The van der Waals surface area contributed by atoms with E-state index in [1.165, 1.54) is 6.92 Å². The zero-order valence-corrected chi connectivity index (χ0v) is 17.4. The van der Waals surface area contributed by atoms with Gasteiger partial charge in [0.2, 0.25) is 0 Å². The molecule has 0 radical (unpaired) electrons. The zero-order chi connectivity index (χ0) is 22.5. The summed E-state index contributed by atoms with van der Waals surface area (Å²) in [6.45, 7) is 5.18. The number of nitrogens with zero attached hydrogens (tertiary/aromatic N) is 1. The van der Waals surface area contributed by atoms with Crippen molar-refractivity contribution in [1.82, 2.24) is 9.97 Å². The topological polar surface area (TPSA) is 139 Å². The molecule has 1 aromatic heterocycles. The van der Waals surface area contributed by atoms with E-state index in [4.69, 9.17) is 10.5 Å². The molecule has 0 aliphatic carbocycles.